The van der Waals surface area contributed by atoms with E-state index in [0.29, 0.717) is 11.3 Å². The minimum atomic E-state index is -3.77. The average Bonchev–Trinajstić information content (AvgIpc) is 2.64. The number of carbonyl (C=O) groups excluding carboxylic acids is 1. The zero-order chi connectivity index (χ0) is 14.9. The molecule has 2 rings (SSSR count). The summed E-state index contributed by atoms with van der Waals surface area (Å²) < 4.78 is 26.2. The van der Waals surface area contributed by atoms with Crippen LogP contribution in [0.3, 0.4) is 0 Å². The van der Waals surface area contributed by atoms with Crippen molar-refractivity contribution in [1.82, 2.24) is 4.72 Å². The van der Waals surface area contributed by atoms with E-state index in [4.69, 9.17) is 5.11 Å². The van der Waals surface area contributed by atoms with E-state index in [1.54, 1.807) is 6.92 Å². The van der Waals surface area contributed by atoms with Gasteiger partial charge in [-0.2, -0.15) is 0 Å². The van der Waals surface area contributed by atoms with Crippen LogP contribution >= 0.6 is 0 Å². The van der Waals surface area contributed by atoms with Crippen LogP contribution in [0.4, 0.5) is 5.69 Å². The summed E-state index contributed by atoms with van der Waals surface area (Å²) in [6, 6.07) is 4.34. The summed E-state index contributed by atoms with van der Waals surface area (Å²) in [5.41, 5.74) is 1.23. The fourth-order valence-corrected chi connectivity index (χ4v) is 3.00. The van der Waals surface area contributed by atoms with Gasteiger partial charge in [0, 0.05) is 12.2 Å². The third-order valence-electron chi connectivity index (χ3n) is 3.08. The number of fused-ring (bicyclic) bond motifs is 1. The van der Waals surface area contributed by atoms with Crippen LogP contribution in [0, 0.1) is 0 Å². The summed E-state index contributed by atoms with van der Waals surface area (Å²) in [4.78, 5) is 21.9. The predicted octanol–water partition coefficient (Wildman–Crippen LogP) is 0.495. The van der Waals surface area contributed by atoms with Crippen LogP contribution in [0.5, 0.6) is 0 Å². The van der Waals surface area contributed by atoms with Crippen LogP contribution in [-0.2, 0) is 19.6 Å². The highest BCUT2D eigenvalue weighted by Crippen LogP contribution is 2.33. The van der Waals surface area contributed by atoms with Crippen LogP contribution in [-0.4, -0.2) is 31.9 Å². The first-order chi connectivity index (χ1) is 9.31. The standard InChI is InChI=1S/C12H14N2O5S/c1-7-9-6-8(2-3-10(9)14-12(7)17)20(18,19)13-5-4-11(15)16/h2-3,6-7,13H,4-5H2,1H3,(H,14,17)(H,15,16). The second-order valence-corrected chi connectivity index (χ2v) is 6.27. The molecule has 0 spiro atoms. The van der Waals surface area contributed by atoms with Crippen molar-refractivity contribution in [3.05, 3.63) is 23.8 Å². The molecule has 1 unspecified atom stereocenters. The van der Waals surface area contributed by atoms with E-state index in [1.807, 2.05) is 0 Å². The van der Waals surface area contributed by atoms with E-state index >= 15 is 0 Å². The zero-order valence-corrected chi connectivity index (χ0v) is 11.5. The number of carboxylic acids is 1. The summed E-state index contributed by atoms with van der Waals surface area (Å²) in [5, 5.41) is 11.1. The molecule has 0 aliphatic carbocycles. The Labute approximate surface area is 116 Å². The van der Waals surface area contributed by atoms with Gasteiger partial charge in [0.25, 0.3) is 0 Å². The van der Waals surface area contributed by atoms with Crippen molar-refractivity contribution in [2.24, 2.45) is 0 Å². The molecular weight excluding hydrogens is 284 g/mol. The van der Waals surface area contributed by atoms with E-state index < -0.39 is 21.9 Å². The van der Waals surface area contributed by atoms with Crippen LogP contribution in [0.1, 0.15) is 24.8 Å². The fraction of sp³-hybridized carbons (Fsp3) is 0.333. The molecule has 0 fully saturated rings. The first-order valence-electron chi connectivity index (χ1n) is 5.97. The van der Waals surface area contributed by atoms with Crippen molar-refractivity contribution in [3.63, 3.8) is 0 Å². The van der Waals surface area contributed by atoms with Crippen molar-refractivity contribution < 1.29 is 23.1 Å². The van der Waals surface area contributed by atoms with E-state index in [0.717, 1.165) is 0 Å². The molecule has 7 nitrogen and oxygen atoms in total. The summed E-state index contributed by atoms with van der Waals surface area (Å²) in [5.74, 6) is -1.65. The van der Waals surface area contributed by atoms with Crippen LogP contribution < -0.4 is 10.0 Å². The van der Waals surface area contributed by atoms with Gasteiger partial charge in [-0.3, -0.25) is 9.59 Å². The molecule has 8 heteroatoms. The lowest BCUT2D eigenvalue weighted by Crippen LogP contribution is -2.26. The minimum absolute atomic E-state index is 0.0185. The average molecular weight is 298 g/mol. The molecule has 3 N–H and O–H groups in total. The summed E-state index contributed by atoms with van der Waals surface area (Å²) in [6.07, 6.45) is -0.291. The number of amides is 1. The molecule has 1 aromatic carbocycles. The Kier molecular flexibility index (Phi) is 3.78. The molecule has 0 aromatic heterocycles. The molecule has 1 aromatic rings. The molecule has 1 heterocycles. The van der Waals surface area contributed by atoms with Gasteiger partial charge >= 0.3 is 5.97 Å². The topological polar surface area (TPSA) is 113 Å². The van der Waals surface area contributed by atoms with Crippen molar-refractivity contribution in [2.75, 3.05) is 11.9 Å². The van der Waals surface area contributed by atoms with Gasteiger partial charge < -0.3 is 10.4 Å². The zero-order valence-electron chi connectivity index (χ0n) is 10.7. The number of sulfonamides is 1. The Morgan fingerprint density at radius 1 is 1.45 bits per heavy atom. The highest BCUT2D eigenvalue weighted by molar-refractivity contribution is 7.89. The van der Waals surface area contributed by atoms with Crippen molar-refractivity contribution >= 4 is 27.6 Å². The van der Waals surface area contributed by atoms with Crippen LogP contribution in [0.25, 0.3) is 0 Å². The third-order valence-corrected chi connectivity index (χ3v) is 4.54. The monoisotopic (exact) mass is 298 g/mol. The lowest BCUT2D eigenvalue weighted by atomic mass is 10.0. The number of carbonyl (C=O) groups is 2. The van der Waals surface area contributed by atoms with Crippen molar-refractivity contribution in [1.29, 1.82) is 0 Å². The van der Waals surface area contributed by atoms with Gasteiger partial charge in [0.2, 0.25) is 15.9 Å². The number of aliphatic carboxylic acids is 1. The Morgan fingerprint density at radius 2 is 2.15 bits per heavy atom. The van der Waals surface area contributed by atoms with Gasteiger partial charge in [-0.15, -0.1) is 0 Å². The molecule has 1 aliphatic rings. The smallest absolute Gasteiger partial charge is 0.304 e. The summed E-state index contributed by atoms with van der Waals surface area (Å²) >= 11 is 0. The highest BCUT2D eigenvalue weighted by Gasteiger charge is 2.28. The first-order valence-corrected chi connectivity index (χ1v) is 7.46. The maximum atomic E-state index is 12.0. The number of rotatable bonds is 5. The normalized spacial score (nSPS) is 17.6. The van der Waals surface area contributed by atoms with Gasteiger partial charge in [0.05, 0.1) is 17.2 Å². The maximum absolute atomic E-state index is 12.0. The molecule has 0 saturated carbocycles. The molecule has 0 saturated heterocycles. The van der Waals surface area contributed by atoms with E-state index in [9.17, 15) is 18.0 Å². The number of hydrogen-bond donors (Lipinski definition) is 3. The second-order valence-electron chi connectivity index (χ2n) is 4.50. The number of carboxylic acid groups (broad SMARTS) is 1. The highest BCUT2D eigenvalue weighted by atomic mass is 32.2. The molecule has 0 bridgehead atoms. The molecule has 1 aliphatic heterocycles. The fourth-order valence-electron chi connectivity index (χ4n) is 1.94. The van der Waals surface area contributed by atoms with Gasteiger partial charge in [-0.05, 0) is 30.7 Å². The maximum Gasteiger partial charge on any atom is 0.304 e. The molecule has 0 radical (unpaired) electrons. The van der Waals surface area contributed by atoms with Crippen molar-refractivity contribution in [3.8, 4) is 0 Å². The SMILES string of the molecule is CC1C(=O)Nc2ccc(S(=O)(=O)NCCC(=O)O)cc21. The van der Waals surface area contributed by atoms with Crippen LogP contribution in [0.2, 0.25) is 0 Å². The van der Waals surface area contributed by atoms with Crippen molar-refractivity contribution in [2.45, 2.75) is 24.2 Å². The molecular formula is C12H14N2O5S. The van der Waals surface area contributed by atoms with Crippen LogP contribution in [0.15, 0.2) is 23.1 Å². The first kappa shape index (κ1) is 14.5. The largest absolute Gasteiger partial charge is 0.481 e. The van der Waals surface area contributed by atoms with Gasteiger partial charge in [-0.25, -0.2) is 13.1 Å². The Balaban J connectivity index is 2.22. The number of anilines is 1. The molecule has 20 heavy (non-hydrogen) atoms. The second kappa shape index (κ2) is 5.22. The summed E-state index contributed by atoms with van der Waals surface area (Å²) in [7, 11) is -3.77. The molecule has 1 atom stereocenters. The van der Waals surface area contributed by atoms with Gasteiger partial charge in [-0.1, -0.05) is 0 Å². The molecule has 1 amide bonds. The summed E-state index contributed by atoms with van der Waals surface area (Å²) in [6.45, 7) is 1.51. The minimum Gasteiger partial charge on any atom is -0.481 e. The lowest BCUT2D eigenvalue weighted by molar-refractivity contribution is -0.136. The quantitative estimate of drug-likeness (QED) is 0.732. The lowest BCUT2D eigenvalue weighted by Gasteiger charge is -2.08. The Bertz CT molecular complexity index is 668. The Hall–Kier alpha value is -1.93. The number of hydrogen-bond acceptors (Lipinski definition) is 4. The predicted molar refractivity (Wildman–Crippen MR) is 70.9 cm³/mol. The van der Waals surface area contributed by atoms with E-state index in [1.165, 1.54) is 18.2 Å². The van der Waals surface area contributed by atoms with E-state index in [2.05, 4.69) is 10.0 Å². The molecule has 108 valence electrons. The number of nitrogens with one attached hydrogen (secondary N) is 2. The third kappa shape index (κ3) is 2.81. The Morgan fingerprint density at radius 3 is 2.80 bits per heavy atom. The number of benzene rings is 1. The van der Waals surface area contributed by atoms with Gasteiger partial charge in [0.15, 0.2) is 0 Å². The van der Waals surface area contributed by atoms with E-state index in [-0.39, 0.29) is 23.8 Å². The van der Waals surface area contributed by atoms with Gasteiger partial charge in [0.1, 0.15) is 0 Å².